The maximum Gasteiger partial charge on any atom is 0.406 e. The minimum atomic E-state index is -0.426. The van der Waals surface area contributed by atoms with Crippen molar-refractivity contribution in [3.63, 3.8) is 0 Å². The lowest BCUT2D eigenvalue weighted by Crippen LogP contribution is -2.24. The molecular formula is C7H13NO3. The third kappa shape index (κ3) is 2.08. The first-order chi connectivity index (χ1) is 5.22. The van der Waals surface area contributed by atoms with Crippen molar-refractivity contribution in [2.75, 3.05) is 20.3 Å². The van der Waals surface area contributed by atoms with Crippen molar-refractivity contribution in [3.8, 4) is 0 Å². The molecule has 0 saturated heterocycles. The number of nitrogens with one attached hydrogen (secondary N) is 1. The molecule has 4 heteroatoms. The third-order valence-electron chi connectivity index (χ3n) is 2.01. The number of ether oxygens (including phenoxy) is 1. The van der Waals surface area contributed by atoms with E-state index in [1.165, 1.54) is 7.05 Å². The second-order valence-electron chi connectivity index (χ2n) is 2.98. The highest BCUT2D eigenvalue weighted by atomic mass is 16.5. The monoisotopic (exact) mass is 159 g/mol. The number of carbonyl (C=O) groups excluding carboxylic acids is 1. The van der Waals surface area contributed by atoms with Gasteiger partial charge in [0.2, 0.25) is 0 Å². The van der Waals surface area contributed by atoms with Gasteiger partial charge in [0.15, 0.2) is 0 Å². The van der Waals surface area contributed by atoms with E-state index in [2.05, 4.69) is 5.32 Å². The molecule has 1 fully saturated rings. The number of aliphatic hydroxyl groups is 1. The Balaban J connectivity index is 2.16. The molecule has 0 spiro atoms. The van der Waals surface area contributed by atoms with Gasteiger partial charge in [-0.05, 0) is 12.8 Å². The molecule has 1 saturated carbocycles. The van der Waals surface area contributed by atoms with Gasteiger partial charge in [-0.1, -0.05) is 0 Å². The van der Waals surface area contributed by atoms with Crippen molar-refractivity contribution in [3.05, 3.63) is 0 Å². The molecular weight excluding hydrogens is 146 g/mol. The molecule has 0 unspecified atom stereocenters. The van der Waals surface area contributed by atoms with E-state index in [1.54, 1.807) is 0 Å². The van der Waals surface area contributed by atoms with Crippen LogP contribution in [0.3, 0.4) is 0 Å². The van der Waals surface area contributed by atoms with E-state index in [0.29, 0.717) is 6.61 Å². The first-order valence-corrected chi connectivity index (χ1v) is 3.68. The Labute approximate surface area is 65.5 Å². The fraction of sp³-hybridized carbons (Fsp3) is 0.857. The number of hydrogen-bond donors (Lipinski definition) is 2. The van der Waals surface area contributed by atoms with E-state index in [-0.39, 0.29) is 12.0 Å². The molecule has 4 nitrogen and oxygen atoms in total. The molecule has 0 radical (unpaired) electrons. The molecule has 11 heavy (non-hydrogen) atoms. The molecule has 0 aliphatic heterocycles. The third-order valence-corrected chi connectivity index (χ3v) is 2.01. The summed E-state index contributed by atoms with van der Waals surface area (Å²) in [5.41, 5.74) is -0.105. The lowest BCUT2D eigenvalue weighted by molar-refractivity contribution is 0.0949. The number of carbonyl (C=O) groups is 1. The van der Waals surface area contributed by atoms with Gasteiger partial charge in [0.25, 0.3) is 0 Å². The Morgan fingerprint density at radius 1 is 1.73 bits per heavy atom. The second-order valence-corrected chi connectivity index (χ2v) is 2.98. The summed E-state index contributed by atoms with van der Waals surface area (Å²) in [5, 5.41) is 11.2. The predicted octanol–water partition coefficient (Wildman–Crippen LogP) is 0.115. The zero-order valence-electron chi connectivity index (χ0n) is 6.59. The van der Waals surface area contributed by atoms with Crippen LogP contribution in [0.2, 0.25) is 0 Å². The van der Waals surface area contributed by atoms with Crippen LogP contribution in [-0.4, -0.2) is 31.5 Å². The van der Waals surface area contributed by atoms with E-state index in [9.17, 15) is 4.79 Å². The molecule has 2 N–H and O–H groups in total. The van der Waals surface area contributed by atoms with Crippen LogP contribution >= 0.6 is 0 Å². The Bertz CT molecular complexity index is 154. The van der Waals surface area contributed by atoms with Crippen molar-refractivity contribution in [2.45, 2.75) is 12.8 Å². The van der Waals surface area contributed by atoms with Crippen LogP contribution in [0.15, 0.2) is 0 Å². The largest absolute Gasteiger partial charge is 0.449 e. The topological polar surface area (TPSA) is 58.6 Å². The summed E-state index contributed by atoms with van der Waals surface area (Å²) in [7, 11) is 1.51. The summed E-state index contributed by atoms with van der Waals surface area (Å²) in [6.07, 6.45) is 1.49. The zero-order valence-corrected chi connectivity index (χ0v) is 6.59. The van der Waals surface area contributed by atoms with Gasteiger partial charge in [-0.2, -0.15) is 0 Å². The van der Waals surface area contributed by atoms with E-state index in [4.69, 9.17) is 9.84 Å². The average molecular weight is 159 g/mol. The average Bonchev–Trinajstić information content (AvgIpc) is 2.81. The smallest absolute Gasteiger partial charge is 0.406 e. The number of aliphatic hydroxyl groups excluding tert-OH is 1. The second kappa shape index (κ2) is 3.09. The van der Waals surface area contributed by atoms with Crippen molar-refractivity contribution in [2.24, 2.45) is 5.41 Å². The normalized spacial score (nSPS) is 19.1. The molecule has 1 amide bonds. The molecule has 0 aromatic carbocycles. The van der Waals surface area contributed by atoms with Crippen molar-refractivity contribution in [1.82, 2.24) is 5.32 Å². The number of hydrogen-bond acceptors (Lipinski definition) is 3. The summed E-state index contributed by atoms with van der Waals surface area (Å²) in [4.78, 5) is 10.6. The zero-order chi connectivity index (χ0) is 8.32. The molecule has 0 bridgehead atoms. The fourth-order valence-electron chi connectivity index (χ4n) is 0.816. The van der Waals surface area contributed by atoms with Crippen LogP contribution in [-0.2, 0) is 4.74 Å². The summed E-state index contributed by atoms with van der Waals surface area (Å²) in [6, 6.07) is 0. The molecule has 1 rings (SSSR count). The van der Waals surface area contributed by atoms with Gasteiger partial charge >= 0.3 is 6.09 Å². The SMILES string of the molecule is CNC(=O)OCC1(CO)CC1. The van der Waals surface area contributed by atoms with Crippen LogP contribution in [0.5, 0.6) is 0 Å². The first-order valence-electron chi connectivity index (χ1n) is 3.68. The minimum Gasteiger partial charge on any atom is -0.449 e. The summed E-state index contributed by atoms with van der Waals surface area (Å²) in [5.74, 6) is 0. The fourth-order valence-corrected chi connectivity index (χ4v) is 0.816. The van der Waals surface area contributed by atoms with Crippen molar-refractivity contribution >= 4 is 6.09 Å². The predicted molar refractivity (Wildman–Crippen MR) is 39.2 cm³/mol. The van der Waals surface area contributed by atoms with Crippen LogP contribution < -0.4 is 5.32 Å². The lowest BCUT2D eigenvalue weighted by atomic mass is 10.1. The summed E-state index contributed by atoms with van der Waals surface area (Å²) >= 11 is 0. The number of amides is 1. The minimum absolute atomic E-state index is 0.105. The van der Waals surface area contributed by atoms with Gasteiger partial charge < -0.3 is 15.2 Å². The van der Waals surface area contributed by atoms with Crippen LogP contribution in [0.1, 0.15) is 12.8 Å². The van der Waals surface area contributed by atoms with Crippen LogP contribution in [0.25, 0.3) is 0 Å². The Kier molecular flexibility index (Phi) is 2.34. The van der Waals surface area contributed by atoms with Gasteiger partial charge in [0.1, 0.15) is 6.61 Å². The van der Waals surface area contributed by atoms with Gasteiger partial charge in [-0.25, -0.2) is 4.79 Å². The quantitative estimate of drug-likeness (QED) is 0.614. The lowest BCUT2D eigenvalue weighted by Gasteiger charge is -2.10. The Hall–Kier alpha value is -0.770. The van der Waals surface area contributed by atoms with Gasteiger partial charge in [-0.15, -0.1) is 0 Å². The van der Waals surface area contributed by atoms with Crippen molar-refractivity contribution < 1.29 is 14.6 Å². The highest BCUT2D eigenvalue weighted by molar-refractivity contribution is 5.66. The van der Waals surface area contributed by atoms with E-state index in [0.717, 1.165) is 12.8 Å². The first kappa shape index (κ1) is 8.33. The standard InChI is InChI=1S/C7H13NO3/c1-8-6(10)11-5-7(4-9)2-3-7/h9H,2-5H2,1H3,(H,8,10). The molecule has 64 valence electrons. The Morgan fingerprint density at radius 3 is 2.73 bits per heavy atom. The molecule has 0 atom stereocenters. The number of rotatable bonds is 3. The van der Waals surface area contributed by atoms with Crippen LogP contribution in [0.4, 0.5) is 4.79 Å². The highest BCUT2D eigenvalue weighted by Gasteiger charge is 2.43. The maximum absolute atomic E-state index is 10.6. The molecule has 0 aromatic heterocycles. The molecule has 1 aliphatic rings. The molecule has 0 aromatic rings. The molecule has 0 heterocycles. The summed E-state index contributed by atoms with van der Waals surface area (Å²) in [6.45, 7) is 0.452. The van der Waals surface area contributed by atoms with Gasteiger partial charge in [-0.3, -0.25) is 0 Å². The van der Waals surface area contributed by atoms with E-state index in [1.807, 2.05) is 0 Å². The Morgan fingerprint density at radius 2 is 2.36 bits per heavy atom. The summed E-state index contributed by atoms with van der Waals surface area (Å²) < 4.78 is 4.80. The van der Waals surface area contributed by atoms with Gasteiger partial charge in [0, 0.05) is 12.5 Å². The maximum atomic E-state index is 10.6. The van der Waals surface area contributed by atoms with Gasteiger partial charge in [0.05, 0.1) is 6.61 Å². The van der Waals surface area contributed by atoms with E-state index >= 15 is 0 Å². The van der Waals surface area contributed by atoms with E-state index < -0.39 is 6.09 Å². The van der Waals surface area contributed by atoms with Crippen molar-refractivity contribution in [1.29, 1.82) is 0 Å². The van der Waals surface area contributed by atoms with Crippen LogP contribution in [0, 0.1) is 5.41 Å². The highest BCUT2D eigenvalue weighted by Crippen LogP contribution is 2.45. The number of alkyl carbamates (subject to hydrolysis) is 1. The molecule has 1 aliphatic carbocycles.